The van der Waals surface area contributed by atoms with Crippen LogP contribution in [0.5, 0.6) is 0 Å². The van der Waals surface area contributed by atoms with Crippen LogP contribution >= 0.6 is 0 Å². The molecule has 1 aromatic carbocycles. The fourth-order valence-electron chi connectivity index (χ4n) is 3.17. The molecule has 0 unspecified atom stereocenters. The van der Waals surface area contributed by atoms with Crippen molar-refractivity contribution < 1.29 is 0 Å². The molecule has 5 rings (SSSR count). The maximum absolute atomic E-state index is 4.69. The van der Waals surface area contributed by atoms with Crippen LogP contribution in [0.25, 0.3) is 38.8 Å². The maximum Gasteiger partial charge on any atom is 0.0906 e. The van der Waals surface area contributed by atoms with E-state index in [1.165, 1.54) is 21.9 Å². The lowest BCUT2D eigenvalue weighted by atomic mass is 10.1. The molecule has 0 atom stereocenters. The lowest BCUT2D eigenvalue weighted by molar-refractivity contribution is 0.837. The molecule has 20 heavy (non-hydrogen) atoms. The molecule has 0 N–H and O–H groups in total. The highest BCUT2D eigenvalue weighted by molar-refractivity contribution is 6.20. The highest BCUT2D eigenvalue weighted by Crippen LogP contribution is 2.34. The first-order valence-corrected chi connectivity index (χ1v) is 6.75. The number of aromatic nitrogens is 3. The molecule has 0 spiro atoms. The van der Waals surface area contributed by atoms with Gasteiger partial charge in [0.1, 0.15) is 0 Å². The number of pyridine rings is 2. The standard InChI is InChI=1S/C17H11N3/c1-2-5-12-11(4-1)16-14(19-12)10-18-13-7-9-20-8-3-6-15(20)17(13)16/h1-7,9-10H,8H2. The van der Waals surface area contributed by atoms with E-state index in [9.17, 15) is 0 Å². The predicted molar refractivity (Wildman–Crippen MR) is 81.6 cm³/mol. The van der Waals surface area contributed by atoms with Gasteiger partial charge in [0.2, 0.25) is 0 Å². The van der Waals surface area contributed by atoms with Gasteiger partial charge in [0.05, 0.1) is 28.4 Å². The van der Waals surface area contributed by atoms with Gasteiger partial charge in [0.15, 0.2) is 0 Å². The van der Waals surface area contributed by atoms with Crippen molar-refractivity contribution in [3.8, 4) is 0 Å². The van der Waals surface area contributed by atoms with E-state index in [0.717, 1.165) is 23.1 Å². The lowest BCUT2D eigenvalue weighted by Crippen LogP contribution is -1.97. The van der Waals surface area contributed by atoms with Gasteiger partial charge in [-0.1, -0.05) is 24.3 Å². The Balaban J connectivity index is 2.15. The van der Waals surface area contributed by atoms with Crippen molar-refractivity contribution in [1.29, 1.82) is 0 Å². The van der Waals surface area contributed by atoms with E-state index in [2.05, 4.69) is 52.2 Å². The summed E-state index contributed by atoms with van der Waals surface area (Å²) in [5.74, 6) is 0. The molecule has 3 nitrogen and oxygen atoms in total. The van der Waals surface area contributed by atoms with Crippen molar-refractivity contribution in [2.75, 3.05) is 0 Å². The average Bonchev–Trinajstić information content (AvgIpc) is 3.10. The van der Waals surface area contributed by atoms with Crippen LogP contribution in [0.4, 0.5) is 0 Å². The molecule has 1 aliphatic rings. The smallest absolute Gasteiger partial charge is 0.0906 e. The summed E-state index contributed by atoms with van der Waals surface area (Å²) < 4.78 is 2.26. The zero-order valence-corrected chi connectivity index (χ0v) is 10.7. The van der Waals surface area contributed by atoms with Crippen LogP contribution in [-0.4, -0.2) is 14.5 Å². The molecule has 3 aromatic heterocycles. The summed E-state index contributed by atoms with van der Waals surface area (Å²) >= 11 is 0. The fourth-order valence-corrected chi connectivity index (χ4v) is 3.17. The van der Waals surface area contributed by atoms with Crippen molar-refractivity contribution in [2.45, 2.75) is 6.54 Å². The highest BCUT2D eigenvalue weighted by Gasteiger charge is 2.15. The predicted octanol–water partition coefficient (Wildman–Crippen LogP) is 3.76. The fraction of sp³-hybridized carbons (Fsp3) is 0.0588. The van der Waals surface area contributed by atoms with Gasteiger partial charge in [-0.05, 0) is 18.2 Å². The molecular weight excluding hydrogens is 246 g/mol. The number of nitrogens with zero attached hydrogens (tertiary/aromatic N) is 3. The largest absolute Gasteiger partial charge is 0.344 e. The van der Waals surface area contributed by atoms with E-state index >= 15 is 0 Å². The van der Waals surface area contributed by atoms with Gasteiger partial charge >= 0.3 is 0 Å². The SMILES string of the molecule is C1=Cc2c3c(ccn2C1)ncc1nc2ccccc2c13. The molecule has 0 amide bonds. The first kappa shape index (κ1) is 10.1. The van der Waals surface area contributed by atoms with Crippen molar-refractivity contribution in [1.82, 2.24) is 14.5 Å². The molecule has 4 aromatic rings. The third-order valence-electron chi connectivity index (χ3n) is 4.06. The zero-order valence-electron chi connectivity index (χ0n) is 10.7. The second kappa shape index (κ2) is 3.45. The number of benzene rings is 1. The number of rotatable bonds is 0. The summed E-state index contributed by atoms with van der Waals surface area (Å²) in [5, 5.41) is 3.65. The Morgan fingerprint density at radius 3 is 2.90 bits per heavy atom. The van der Waals surface area contributed by atoms with Crippen molar-refractivity contribution >= 4 is 38.8 Å². The summed E-state index contributed by atoms with van der Waals surface area (Å²) in [6, 6.07) is 10.4. The zero-order chi connectivity index (χ0) is 13.1. The molecule has 0 saturated heterocycles. The minimum absolute atomic E-state index is 0.938. The van der Waals surface area contributed by atoms with Crippen LogP contribution in [0.15, 0.2) is 48.8 Å². The Bertz CT molecular complexity index is 1020. The van der Waals surface area contributed by atoms with Gasteiger partial charge in [-0.25, -0.2) is 4.98 Å². The van der Waals surface area contributed by atoms with Crippen LogP contribution < -0.4 is 0 Å². The Morgan fingerprint density at radius 2 is 1.90 bits per heavy atom. The summed E-state index contributed by atoms with van der Waals surface area (Å²) in [6.07, 6.45) is 8.36. The normalized spacial score (nSPS) is 13.6. The molecule has 0 radical (unpaired) electrons. The monoisotopic (exact) mass is 257 g/mol. The third-order valence-corrected chi connectivity index (χ3v) is 4.06. The van der Waals surface area contributed by atoms with Crippen molar-refractivity contribution in [3.05, 3.63) is 54.5 Å². The topological polar surface area (TPSA) is 30.7 Å². The summed E-state index contributed by atoms with van der Waals surface area (Å²) in [6.45, 7) is 0.938. The van der Waals surface area contributed by atoms with E-state index < -0.39 is 0 Å². The Hall–Kier alpha value is -2.68. The second-order valence-electron chi connectivity index (χ2n) is 5.16. The van der Waals surface area contributed by atoms with E-state index in [4.69, 9.17) is 4.98 Å². The molecule has 1 aliphatic heterocycles. The van der Waals surface area contributed by atoms with Crippen LogP contribution in [0.3, 0.4) is 0 Å². The van der Waals surface area contributed by atoms with Crippen LogP contribution in [0.2, 0.25) is 0 Å². The molecule has 0 saturated carbocycles. The number of hydrogen-bond acceptors (Lipinski definition) is 2. The van der Waals surface area contributed by atoms with E-state index in [-0.39, 0.29) is 0 Å². The number of para-hydroxylation sites is 1. The molecule has 4 heterocycles. The highest BCUT2D eigenvalue weighted by atomic mass is 15.0. The minimum Gasteiger partial charge on any atom is -0.344 e. The third kappa shape index (κ3) is 1.15. The first-order valence-electron chi connectivity index (χ1n) is 6.75. The quantitative estimate of drug-likeness (QED) is 0.480. The van der Waals surface area contributed by atoms with Gasteiger partial charge in [0, 0.05) is 28.9 Å². The first-order chi connectivity index (χ1) is 9.92. The maximum atomic E-state index is 4.69. The molecular formula is C17H11N3. The van der Waals surface area contributed by atoms with Gasteiger partial charge in [-0.15, -0.1) is 0 Å². The van der Waals surface area contributed by atoms with Gasteiger partial charge < -0.3 is 4.57 Å². The summed E-state index contributed by atoms with van der Waals surface area (Å²) in [5.41, 5.74) is 4.29. The lowest BCUT2D eigenvalue weighted by Gasteiger charge is -2.08. The second-order valence-corrected chi connectivity index (χ2v) is 5.16. The molecule has 0 fully saturated rings. The Morgan fingerprint density at radius 1 is 0.950 bits per heavy atom. The van der Waals surface area contributed by atoms with E-state index in [1.54, 1.807) is 0 Å². The van der Waals surface area contributed by atoms with E-state index in [0.29, 0.717) is 0 Å². The van der Waals surface area contributed by atoms with Gasteiger partial charge in [0.25, 0.3) is 0 Å². The number of hydrogen-bond donors (Lipinski definition) is 0. The Kier molecular flexibility index (Phi) is 1.75. The molecule has 0 aliphatic carbocycles. The molecule has 3 heteroatoms. The number of fused-ring (bicyclic) bond motifs is 7. The molecule has 94 valence electrons. The van der Waals surface area contributed by atoms with Crippen LogP contribution in [0, 0.1) is 0 Å². The minimum atomic E-state index is 0.938. The van der Waals surface area contributed by atoms with Crippen molar-refractivity contribution in [2.24, 2.45) is 0 Å². The van der Waals surface area contributed by atoms with Gasteiger partial charge in [-0.2, -0.15) is 0 Å². The summed E-state index contributed by atoms with van der Waals surface area (Å²) in [7, 11) is 0. The van der Waals surface area contributed by atoms with Gasteiger partial charge in [-0.3, -0.25) is 4.98 Å². The average molecular weight is 257 g/mol. The van der Waals surface area contributed by atoms with Crippen LogP contribution in [-0.2, 0) is 6.54 Å². The Labute approximate surface area is 115 Å². The van der Waals surface area contributed by atoms with Crippen LogP contribution in [0.1, 0.15) is 5.69 Å². The molecule has 0 bridgehead atoms. The van der Waals surface area contributed by atoms with E-state index in [1.807, 2.05) is 12.3 Å². The van der Waals surface area contributed by atoms with Crippen molar-refractivity contribution in [3.63, 3.8) is 0 Å². The number of allylic oxidation sites excluding steroid dienone is 1. The summed E-state index contributed by atoms with van der Waals surface area (Å²) in [4.78, 5) is 9.27.